The SMILES string of the molecule is COc1ncccc1[C@@H]1CCCCN1C=O. The van der Waals surface area contributed by atoms with Crippen molar-refractivity contribution in [3.05, 3.63) is 23.9 Å². The molecule has 1 aliphatic heterocycles. The van der Waals surface area contributed by atoms with Gasteiger partial charge in [-0.3, -0.25) is 4.79 Å². The van der Waals surface area contributed by atoms with Crippen molar-refractivity contribution in [1.82, 2.24) is 9.88 Å². The van der Waals surface area contributed by atoms with Crippen LogP contribution in [0.2, 0.25) is 0 Å². The second-order valence-corrected chi connectivity index (χ2v) is 3.96. The number of piperidine rings is 1. The van der Waals surface area contributed by atoms with Crippen LogP contribution in [0, 0.1) is 0 Å². The molecule has 2 rings (SSSR count). The summed E-state index contributed by atoms with van der Waals surface area (Å²) in [4.78, 5) is 17.0. The van der Waals surface area contributed by atoms with E-state index in [1.165, 1.54) is 0 Å². The van der Waals surface area contributed by atoms with Gasteiger partial charge >= 0.3 is 0 Å². The molecule has 0 unspecified atom stereocenters. The van der Waals surface area contributed by atoms with Gasteiger partial charge in [-0.05, 0) is 25.3 Å². The molecule has 1 saturated heterocycles. The fraction of sp³-hybridized carbons (Fsp3) is 0.500. The van der Waals surface area contributed by atoms with Crippen LogP contribution in [0.3, 0.4) is 0 Å². The van der Waals surface area contributed by atoms with E-state index in [1.807, 2.05) is 17.0 Å². The van der Waals surface area contributed by atoms with Gasteiger partial charge in [-0.15, -0.1) is 0 Å². The third kappa shape index (κ3) is 2.01. The number of ether oxygens (including phenoxy) is 1. The van der Waals surface area contributed by atoms with E-state index < -0.39 is 0 Å². The Hall–Kier alpha value is -1.58. The summed E-state index contributed by atoms with van der Waals surface area (Å²) in [6, 6.07) is 3.99. The molecule has 1 atom stereocenters. The van der Waals surface area contributed by atoms with Gasteiger partial charge in [0.1, 0.15) is 0 Å². The molecule has 0 radical (unpaired) electrons. The highest BCUT2D eigenvalue weighted by molar-refractivity contribution is 5.50. The maximum absolute atomic E-state index is 11.0. The van der Waals surface area contributed by atoms with Gasteiger partial charge in [-0.2, -0.15) is 0 Å². The number of likely N-dealkylation sites (tertiary alicyclic amines) is 1. The Bertz CT molecular complexity index is 368. The lowest BCUT2D eigenvalue weighted by Crippen LogP contribution is -2.32. The Kier molecular flexibility index (Phi) is 3.39. The molecule has 86 valence electrons. The lowest BCUT2D eigenvalue weighted by Gasteiger charge is -2.33. The van der Waals surface area contributed by atoms with Crippen LogP contribution in [0.5, 0.6) is 5.88 Å². The average Bonchev–Trinajstić information content (AvgIpc) is 2.38. The number of hydrogen-bond donors (Lipinski definition) is 0. The summed E-state index contributed by atoms with van der Waals surface area (Å²) in [5.41, 5.74) is 1.01. The number of aromatic nitrogens is 1. The summed E-state index contributed by atoms with van der Waals surface area (Å²) in [5.74, 6) is 0.626. The highest BCUT2D eigenvalue weighted by atomic mass is 16.5. The van der Waals surface area contributed by atoms with Gasteiger partial charge in [0.2, 0.25) is 12.3 Å². The van der Waals surface area contributed by atoms with Crippen molar-refractivity contribution in [1.29, 1.82) is 0 Å². The average molecular weight is 220 g/mol. The Morgan fingerprint density at radius 3 is 3.19 bits per heavy atom. The van der Waals surface area contributed by atoms with E-state index in [1.54, 1.807) is 13.3 Å². The zero-order valence-corrected chi connectivity index (χ0v) is 9.43. The minimum absolute atomic E-state index is 0.120. The topological polar surface area (TPSA) is 42.4 Å². The van der Waals surface area contributed by atoms with Crippen LogP contribution in [0.25, 0.3) is 0 Å². The van der Waals surface area contributed by atoms with Gasteiger partial charge in [0, 0.05) is 18.3 Å². The predicted octanol–water partition coefficient (Wildman–Crippen LogP) is 1.77. The first-order chi connectivity index (χ1) is 7.86. The number of pyridine rings is 1. The van der Waals surface area contributed by atoms with Crippen LogP contribution < -0.4 is 4.74 Å². The molecule has 1 amide bonds. The van der Waals surface area contributed by atoms with Gasteiger partial charge in [0.25, 0.3) is 0 Å². The zero-order valence-electron chi connectivity index (χ0n) is 9.43. The Morgan fingerprint density at radius 2 is 2.44 bits per heavy atom. The Morgan fingerprint density at radius 1 is 1.56 bits per heavy atom. The minimum Gasteiger partial charge on any atom is -0.481 e. The Labute approximate surface area is 95.2 Å². The normalized spacial score (nSPS) is 20.6. The van der Waals surface area contributed by atoms with E-state index in [0.717, 1.165) is 37.8 Å². The molecule has 0 spiro atoms. The molecule has 0 N–H and O–H groups in total. The van der Waals surface area contributed by atoms with Gasteiger partial charge in [0.15, 0.2) is 0 Å². The van der Waals surface area contributed by atoms with Crippen molar-refractivity contribution in [3.63, 3.8) is 0 Å². The quantitative estimate of drug-likeness (QED) is 0.729. The van der Waals surface area contributed by atoms with Crippen molar-refractivity contribution in [3.8, 4) is 5.88 Å². The van der Waals surface area contributed by atoms with E-state index >= 15 is 0 Å². The van der Waals surface area contributed by atoms with E-state index in [-0.39, 0.29) is 6.04 Å². The van der Waals surface area contributed by atoms with Crippen LogP contribution in [0.15, 0.2) is 18.3 Å². The first kappa shape index (κ1) is 10.9. The first-order valence-electron chi connectivity index (χ1n) is 5.56. The van der Waals surface area contributed by atoms with Crippen molar-refractivity contribution < 1.29 is 9.53 Å². The monoisotopic (exact) mass is 220 g/mol. The number of amides is 1. The summed E-state index contributed by atoms with van der Waals surface area (Å²) >= 11 is 0. The molecular weight excluding hydrogens is 204 g/mol. The van der Waals surface area contributed by atoms with E-state index in [2.05, 4.69) is 4.98 Å². The molecule has 0 aromatic carbocycles. The van der Waals surface area contributed by atoms with Crippen LogP contribution in [0.4, 0.5) is 0 Å². The lowest BCUT2D eigenvalue weighted by molar-refractivity contribution is -0.121. The number of carbonyl (C=O) groups excluding carboxylic acids is 1. The number of methoxy groups -OCH3 is 1. The smallest absolute Gasteiger partial charge is 0.218 e. The number of carbonyl (C=O) groups is 1. The fourth-order valence-electron chi connectivity index (χ4n) is 2.24. The summed E-state index contributed by atoms with van der Waals surface area (Å²) in [6.07, 6.45) is 5.85. The van der Waals surface area contributed by atoms with E-state index in [0.29, 0.717) is 5.88 Å². The zero-order chi connectivity index (χ0) is 11.4. The molecule has 1 fully saturated rings. The standard InChI is InChI=1S/C12H16N2O2/c1-16-12-10(5-4-7-13-12)11-6-2-3-8-14(11)9-15/h4-5,7,9,11H,2-3,6,8H2,1H3/t11-/m0/s1. The molecule has 1 aromatic heterocycles. The second-order valence-electron chi connectivity index (χ2n) is 3.96. The molecule has 4 heteroatoms. The molecule has 4 nitrogen and oxygen atoms in total. The molecule has 0 bridgehead atoms. The third-order valence-electron chi connectivity index (χ3n) is 3.03. The number of nitrogens with zero attached hydrogens (tertiary/aromatic N) is 2. The third-order valence-corrected chi connectivity index (χ3v) is 3.03. The maximum atomic E-state index is 11.0. The lowest BCUT2D eigenvalue weighted by atomic mass is 9.96. The van der Waals surface area contributed by atoms with Crippen LogP contribution in [-0.4, -0.2) is 29.9 Å². The molecule has 1 aromatic rings. The van der Waals surface area contributed by atoms with E-state index in [4.69, 9.17) is 4.74 Å². The molecule has 2 heterocycles. The van der Waals surface area contributed by atoms with Crippen LogP contribution in [0.1, 0.15) is 30.9 Å². The van der Waals surface area contributed by atoms with Crippen molar-refractivity contribution in [2.45, 2.75) is 25.3 Å². The van der Waals surface area contributed by atoms with Crippen LogP contribution >= 0.6 is 0 Å². The summed E-state index contributed by atoms with van der Waals surface area (Å²) < 4.78 is 5.24. The molecule has 16 heavy (non-hydrogen) atoms. The summed E-state index contributed by atoms with van der Waals surface area (Å²) in [5, 5.41) is 0. The van der Waals surface area contributed by atoms with Crippen molar-refractivity contribution in [2.75, 3.05) is 13.7 Å². The number of hydrogen-bond acceptors (Lipinski definition) is 3. The van der Waals surface area contributed by atoms with Gasteiger partial charge < -0.3 is 9.64 Å². The molecular formula is C12H16N2O2. The largest absolute Gasteiger partial charge is 0.481 e. The highest BCUT2D eigenvalue weighted by Gasteiger charge is 2.25. The van der Waals surface area contributed by atoms with E-state index in [9.17, 15) is 4.79 Å². The number of rotatable bonds is 3. The van der Waals surface area contributed by atoms with Crippen molar-refractivity contribution in [2.24, 2.45) is 0 Å². The van der Waals surface area contributed by atoms with Gasteiger partial charge in [0.05, 0.1) is 13.2 Å². The van der Waals surface area contributed by atoms with Gasteiger partial charge in [-0.1, -0.05) is 6.07 Å². The van der Waals surface area contributed by atoms with Crippen LogP contribution in [-0.2, 0) is 4.79 Å². The molecule has 1 aliphatic rings. The first-order valence-corrected chi connectivity index (χ1v) is 5.56. The minimum atomic E-state index is 0.120. The second kappa shape index (κ2) is 4.96. The summed E-state index contributed by atoms with van der Waals surface area (Å²) in [6.45, 7) is 0.826. The highest BCUT2D eigenvalue weighted by Crippen LogP contribution is 2.33. The van der Waals surface area contributed by atoms with Crippen molar-refractivity contribution >= 4 is 6.41 Å². The molecule has 0 saturated carbocycles. The maximum Gasteiger partial charge on any atom is 0.218 e. The Balaban J connectivity index is 2.30. The molecule has 0 aliphatic carbocycles. The fourth-order valence-corrected chi connectivity index (χ4v) is 2.24. The van der Waals surface area contributed by atoms with Gasteiger partial charge in [-0.25, -0.2) is 4.98 Å². The predicted molar refractivity (Wildman–Crippen MR) is 60.2 cm³/mol. The summed E-state index contributed by atoms with van der Waals surface area (Å²) in [7, 11) is 1.61.